The van der Waals surface area contributed by atoms with Gasteiger partial charge in [-0.3, -0.25) is 0 Å². The van der Waals surface area contributed by atoms with E-state index >= 15 is 0 Å². The van der Waals surface area contributed by atoms with E-state index in [0.717, 1.165) is 6.29 Å². The van der Waals surface area contributed by atoms with Crippen LogP contribution in [-0.2, 0) is 9.53 Å². The molecule has 0 unspecified atom stereocenters. The molecule has 0 aromatic heterocycles. The van der Waals surface area contributed by atoms with Crippen molar-refractivity contribution in [1.82, 2.24) is 0 Å². The summed E-state index contributed by atoms with van der Waals surface area (Å²) in [5, 5.41) is 0. The van der Waals surface area contributed by atoms with E-state index in [-0.39, 0.29) is 0 Å². The number of rotatable bonds is 4. The summed E-state index contributed by atoms with van der Waals surface area (Å²) >= 11 is 0. The first kappa shape index (κ1) is 9.72. The summed E-state index contributed by atoms with van der Waals surface area (Å²) in [6, 6.07) is 0. The van der Waals surface area contributed by atoms with Crippen molar-refractivity contribution in [3.05, 3.63) is 0 Å². The second-order valence-electron chi connectivity index (χ2n) is 3.44. The highest BCUT2D eigenvalue weighted by atomic mass is 16.5. The van der Waals surface area contributed by atoms with Crippen molar-refractivity contribution in [2.45, 2.75) is 51.0 Å². The molecule has 0 aromatic carbocycles. The maximum atomic E-state index is 10.0. The van der Waals surface area contributed by atoms with Crippen LogP contribution in [-0.4, -0.2) is 19.0 Å². The lowest BCUT2D eigenvalue weighted by Gasteiger charge is -2.13. The van der Waals surface area contributed by atoms with Gasteiger partial charge in [-0.05, 0) is 12.8 Å². The Morgan fingerprint density at radius 1 is 1.17 bits per heavy atom. The van der Waals surface area contributed by atoms with Crippen LogP contribution >= 0.6 is 0 Å². The van der Waals surface area contributed by atoms with Gasteiger partial charge in [0.2, 0.25) is 0 Å². The molecule has 70 valence electrons. The summed E-state index contributed by atoms with van der Waals surface area (Å²) in [6.45, 7) is 0.619. The van der Waals surface area contributed by atoms with Gasteiger partial charge in [0, 0.05) is 6.42 Å². The van der Waals surface area contributed by atoms with Gasteiger partial charge in [-0.1, -0.05) is 25.7 Å². The minimum atomic E-state index is 0.437. The van der Waals surface area contributed by atoms with Crippen LogP contribution in [0.1, 0.15) is 44.9 Å². The largest absolute Gasteiger partial charge is 0.378 e. The van der Waals surface area contributed by atoms with Crippen LogP contribution in [0.15, 0.2) is 0 Å². The zero-order valence-corrected chi connectivity index (χ0v) is 7.63. The first-order valence-electron chi connectivity index (χ1n) is 4.98. The summed E-state index contributed by atoms with van der Waals surface area (Å²) in [4.78, 5) is 10.0. The molecular weight excluding hydrogens is 152 g/mol. The van der Waals surface area contributed by atoms with Crippen molar-refractivity contribution in [3.63, 3.8) is 0 Å². The molecule has 1 aliphatic carbocycles. The number of hydrogen-bond acceptors (Lipinski definition) is 2. The maximum absolute atomic E-state index is 10.0. The summed E-state index contributed by atoms with van der Waals surface area (Å²) in [5.74, 6) is 0. The summed E-state index contributed by atoms with van der Waals surface area (Å²) in [5.41, 5.74) is 0. The van der Waals surface area contributed by atoms with Crippen LogP contribution in [0.2, 0.25) is 0 Å². The third-order valence-electron chi connectivity index (χ3n) is 2.39. The highest BCUT2D eigenvalue weighted by molar-refractivity contribution is 5.49. The van der Waals surface area contributed by atoms with Crippen LogP contribution in [0.5, 0.6) is 0 Å². The van der Waals surface area contributed by atoms with E-state index in [1.54, 1.807) is 0 Å². The Balaban J connectivity index is 2.07. The molecule has 2 heteroatoms. The third-order valence-corrected chi connectivity index (χ3v) is 2.39. The van der Waals surface area contributed by atoms with Gasteiger partial charge in [0.15, 0.2) is 0 Å². The number of carbonyl (C=O) groups excluding carboxylic acids is 1. The van der Waals surface area contributed by atoms with E-state index in [1.807, 2.05) is 0 Å². The minimum Gasteiger partial charge on any atom is -0.378 e. The molecule has 0 N–H and O–H groups in total. The average molecular weight is 170 g/mol. The van der Waals surface area contributed by atoms with Gasteiger partial charge in [-0.2, -0.15) is 0 Å². The number of ether oxygens (including phenoxy) is 1. The van der Waals surface area contributed by atoms with E-state index in [4.69, 9.17) is 4.74 Å². The molecule has 0 aromatic rings. The molecule has 0 atom stereocenters. The second kappa shape index (κ2) is 6.18. The van der Waals surface area contributed by atoms with E-state index in [9.17, 15) is 4.79 Å². The molecule has 0 radical (unpaired) electrons. The molecule has 0 bridgehead atoms. The molecule has 0 aliphatic heterocycles. The minimum absolute atomic E-state index is 0.437. The normalized spacial score (nSPS) is 20.3. The molecule has 1 rings (SSSR count). The molecule has 1 fully saturated rings. The predicted molar refractivity (Wildman–Crippen MR) is 48.1 cm³/mol. The highest BCUT2D eigenvalue weighted by Gasteiger charge is 2.11. The monoisotopic (exact) mass is 170 g/mol. The quantitative estimate of drug-likeness (QED) is 0.367. The fraction of sp³-hybridized carbons (Fsp3) is 0.900. The lowest BCUT2D eigenvalue weighted by molar-refractivity contribution is -0.109. The topological polar surface area (TPSA) is 26.3 Å². The fourth-order valence-corrected chi connectivity index (χ4v) is 1.69. The molecule has 0 heterocycles. The van der Waals surface area contributed by atoms with Crippen LogP contribution in [0, 0.1) is 0 Å². The third kappa shape index (κ3) is 3.86. The van der Waals surface area contributed by atoms with E-state index < -0.39 is 0 Å². The van der Waals surface area contributed by atoms with Gasteiger partial charge in [-0.15, -0.1) is 0 Å². The Bertz CT molecular complexity index is 115. The van der Waals surface area contributed by atoms with Gasteiger partial charge in [0.05, 0.1) is 12.7 Å². The van der Waals surface area contributed by atoms with Gasteiger partial charge in [0.1, 0.15) is 6.29 Å². The molecular formula is C10H18O2. The van der Waals surface area contributed by atoms with Crippen molar-refractivity contribution in [2.75, 3.05) is 6.61 Å². The molecule has 1 aliphatic rings. The SMILES string of the molecule is O=CCCOC1CCCCCC1. The lowest BCUT2D eigenvalue weighted by atomic mass is 10.1. The molecule has 2 nitrogen and oxygen atoms in total. The first-order chi connectivity index (χ1) is 5.93. The predicted octanol–water partition coefficient (Wildman–Crippen LogP) is 2.31. The Morgan fingerprint density at radius 2 is 1.83 bits per heavy atom. The molecule has 0 amide bonds. The number of aldehydes is 1. The average Bonchev–Trinajstić information content (AvgIpc) is 2.33. The molecule has 0 saturated heterocycles. The van der Waals surface area contributed by atoms with Gasteiger partial charge < -0.3 is 9.53 Å². The van der Waals surface area contributed by atoms with Crippen molar-refractivity contribution < 1.29 is 9.53 Å². The second-order valence-corrected chi connectivity index (χ2v) is 3.44. The van der Waals surface area contributed by atoms with E-state index in [0.29, 0.717) is 19.1 Å². The van der Waals surface area contributed by atoms with E-state index in [2.05, 4.69) is 0 Å². The van der Waals surface area contributed by atoms with Crippen molar-refractivity contribution >= 4 is 6.29 Å². The Hall–Kier alpha value is -0.370. The van der Waals surface area contributed by atoms with E-state index in [1.165, 1.54) is 38.5 Å². The number of hydrogen-bond donors (Lipinski definition) is 0. The Kier molecular flexibility index (Phi) is 5.00. The summed E-state index contributed by atoms with van der Waals surface area (Å²) in [7, 11) is 0. The summed E-state index contributed by atoms with van der Waals surface area (Å²) < 4.78 is 5.57. The van der Waals surface area contributed by atoms with Crippen molar-refractivity contribution in [1.29, 1.82) is 0 Å². The van der Waals surface area contributed by atoms with Gasteiger partial charge in [-0.25, -0.2) is 0 Å². The molecule has 1 saturated carbocycles. The van der Waals surface area contributed by atoms with Crippen LogP contribution in [0.25, 0.3) is 0 Å². The number of carbonyl (C=O) groups is 1. The first-order valence-corrected chi connectivity index (χ1v) is 4.98. The van der Waals surface area contributed by atoms with Gasteiger partial charge in [0.25, 0.3) is 0 Å². The Morgan fingerprint density at radius 3 is 2.42 bits per heavy atom. The maximum Gasteiger partial charge on any atom is 0.122 e. The standard InChI is InChI=1S/C10H18O2/c11-8-5-9-12-10-6-3-1-2-4-7-10/h8,10H,1-7,9H2. The zero-order chi connectivity index (χ0) is 8.65. The highest BCUT2D eigenvalue weighted by Crippen LogP contribution is 2.19. The van der Waals surface area contributed by atoms with Crippen LogP contribution < -0.4 is 0 Å². The molecule has 12 heavy (non-hydrogen) atoms. The molecule has 0 spiro atoms. The van der Waals surface area contributed by atoms with Crippen molar-refractivity contribution in [2.24, 2.45) is 0 Å². The Labute approximate surface area is 74.3 Å². The van der Waals surface area contributed by atoms with Gasteiger partial charge >= 0.3 is 0 Å². The summed E-state index contributed by atoms with van der Waals surface area (Å²) in [6.07, 6.45) is 9.61. The van der Waals surface area contributed by atoms with Crippen molar-refractivity contribution in [3.8, 4) is 0 Å². The van der Waals surface area contributed by atoms with Crippen LogP contribution in [0.3, 0.4) is 0 Å². The zero-order valence-electron chi connectivity index (χ0n) is 7.63. The smallest absolute Gasteiger partial charge is 0.122 e. The van der Waals surface area contributed by atoms with Crippen LogP contribution in [0.4, 0.5) is 0 Å². The fourth-order valence-electron chi connectivity index (χ4n) is 1.69. The lowest BCUT2D eigenvalue weighted by Crippen LogP contribution is -2.12.